The van der Waals surface area contributed by atoms with Crippen LogP contribution in [0.4, 0.5) is 0 Å². The smallest absolute Gasteiger partial charge is 0.244 e. The van der Waals surface area contributed by atoms with E-state index in [0.29, 0.717) is 25.2 Å². The van der Waals surface area contributed by atoms with Crippen molar-refractivity contribution in [2.24, 2.45) is 0 Å². The fourth-order valence-electron chi connectivity index (χ4n) is 2.27. The Kier molecular flexibility index (Phi) is 4.49. The van der Waals surface area contributed by atoms with Gasteiger partial charge in [-0.2, -0.15) is 0 Å². The predicted octanol–water partition coefficient (Wildman–Crippen LogP) is -0.551. The summed E-state index contributed by atoms with van der Waals surface area (Å²) in [6.45, 7) is 5.36. The molecule has 0 radical (unpaired) electrons. The molecule has 0 aromatic carbocycles. The second kappa shape index (κ2) is 6.12. The van der Waals surface area contributed by atoms with Crippen LogP contribution in [0.15, 0.2) is 6.20 Å². The molecule has 0 bridgehead atoms. The minimum atomic E-state index is 0.0162. The molecule has 7 heteroatoms. The topological polar surface area (TPSA) is 80.5 Å². The molecule has 0 saturated carbocycles. The van der Waals surface area contributed by atoms with Gasteiger partial charge in [-0.1, -0.05) is 5.21 Å². The number of carbonyl (C=O) groups excluding carboxylic acids is 1. The molecule has 1 aromatic rings. The van der Waals surface area contributed by atoms with Gasteiger partial charge in [0.05, 0.1) is 17.9 Å². The molecule has 1 N–H and O–H groups in total. The number of nitrogens with zero attached hydrogens (tertiary/aromatic N) is 4. The normalized spacial score (nSPS) is 23.6. The van der Waals surface area contributed by atoms with Crippen molar-refractivity contribution in [1.82, 2.24) is 19.9 Å². The Labute approximate surface area is 112 Å². The number of aromatic nitrogens is 3. The lowest BCUT2D eigenvalue weighted by Crippen LogP contribution is -2.49. The molecule has 0 aliphatic carbocycles. The monoisotopic (exact) mass is 268 g/mol. The Balaban J connectivity index is 1.92. The average molecular weight is 268 g/mol. The molecule has 106 valence electrons. The van der Waals surface area contributed by atoms with Gasteiger partial charge in [-0.05, 0) is 13.8 Å². The van der Waals surface area contributed by atoms with Crippen molar-refractivity contribution in [3.63, 3.8) is 0 Å². The summed E-state index contributed by atoms with van der Waals surface area (Å²) in [4.78, 5) is 14.0. The molecule has 1 amide bonds. The molecule has 19 heavy (non-hydrogen) atoms. The minimum absolute atomic E-state index is 0.0162. The van der Waals surface area contributed by atoms with E-state index in [1.807, 2.05) is 13.8 Å². The third-order valence-corrected chi connectivity index (χ3v) is 3.02. The Bertz CT molecular complexity index is 424. The van der Waals surface area contributed by atoms with E-state index in [9.17, 15) is 4.79 Å². The third kappa shape index (κ3) is 3.74. The Morgan fingerprint density at radius 1 is 1.47 bits per heavy atom. The van der Waals surface area contributed by atoms with Gasteiger partial charge in [-0.15, -0.1) is 5.10 Å². The number of carbonyl (C=O) groups is 1. The van der Waals surface area contributed by atoms with E-state index >= 15 is 0 Å². The molecule has 2 atom stereocenters. The fourth-order valence-corrected chi connectivity index (χ4v) is 2.27. The molecule has 7 nitrogen and oxygen atoms in total. The SMILES string of the molecule is CC1CN(C(=O)Cn2cc(CCO)nn2)CC(C)O1. The van der Waals surface area contributed by atoms with Gasteiger partial charge in [-0.25, -0.2) is 4.68 Å². The zero-order valence-corrected chi connectivity index (χ0v) is 11.3. The van der Waals surface area contributed by atoms with E-state index in [1.54, 1.807) is 11.1 Å². The van der Waals surface area contributed by atoms with E-state index < -0.39 is 0 Å². The minimum Gasteiger partial charge on any atom is -0.396 e. The Morgan fingerprint density at radius 3 is 2.79 bits per heavy atom. The van der Waals surface area contributed by atoms with Crippen LogP contribution in [0.1, 0.15) is 19.5 Å². The zero-order chi connectivity index (χ0) is 13.8. The quantitative estimate of drug-likeness (QED) is 0.792. The molecular weight excluding hydrogens is 248 g/mol. The molecule has 1 fully saturated rings. The second-order valence-electron chi connectivity index (χ2n) is 4.94. The summed E-state index contributed by atoms with van der Waals surface area (Å²) in [7, 11) is 0. The van der Waals surface area contributed by atoms with Gasteiger partial charge in [0.1, 0.15) is 6.54 Å². The van der Waals surface area contributed by atoms with E-state index in [-0.39, 0.29) is 31.3 Å². The van der Waals surface area contributed by atoms with Gasteiger partial charge >= 0.3 is 0 Å². The first kappa shape index (κ1) is 14.0. The standard InChI is InChI=1S/C12H20N4O3/c1-9-5-15(6-10(2)19-9)12(18)8-16-7-11(3-4-17)13-14-16/h7,9-10,17H,3-6,8H2,1-2H3. The summed E-state index contributed by atoms with van der Waals surface area (Å²) in [5.74, 6) is 0.0162. The highest BCUT2D eigenvalue weighted by Gasteiger charge is 2.25. The average Bonchev–Trinajstić information content (AvgIpc) is 2.76. The lowest BCUT2D eigenvalue weighted by Gasteiger charge is -2.35. The number of hydrogen-bond donors (Lipinski definition) is 1. The summed E-state index contributed by atoms with van der Waals surface area (Å²) in [6.07, 6.45) is 2.28. The summed E-state index contributed by atoms with van der Waals surface area (Å²) in [6, 6.07) is 0. The fraction of sp³-hybridized carbons (Fsp3) is 0.750. The Morgan fingerprint density at radius 2 is 2.16 bits per heavy atom. The largest absolute Gasteiger partial charge is 0.396 e. The molecule has 1 aromatic heterocycles. The highest BCUT2D eigenvalue weighted by Crippen LogP contribution is 2.11. The van der Waals surface area contributed by atoms with E-state index in [2.05, 4.69) is 10.3 Å². The number of aliphatic hydroxyl groups excluding tert-OH is 1. The van der Waals surface area contributed by atoms with Crippen LogP contribution in [0.5, 0.6) is 0 Å². The van der Waals surface area contributed by atoms with Gasteiger partial charge in [0.2, 0.25) is 5.91 Å². The van der Waals surface area contributed by atoms with Crippen molar-refractivity contribution < 1.29 is 14.6 Å². The molecule has 1 saturated heterocycles. The maximum absolute atomic E-state index is 12.2. The molecule has 1 aliphatic rings. The number of hydrogen-bond acceptors (Lipinski definition) is 5. The van der Waals surface area contributed by atoms with E-state index in [0.717, 1.165) is 0 Å². The highest BCUT2D eigenvalue weighted by atomic mass is 16.5. The predicted molar refractivity (Wildman–Crippen MR) is 67.4 cm³/mol. The molecule has 2 unspecified atom stereocenters. The number of morpholine rings is 1. The second-order valence-corrected chi connectivity index (χ2v) is 4.94. The van der Waals surface area contributed by atoms with Gasteiger partial charge in [-0.3, -0.25) is 4.79 Å². The summed E-state index contributed by atoms with van der Waals surface area (Å²) in [5.41, 5.74) is 0.694. The summed E-state index contributed by atoms with van der Waals surface area (Å²) in [5, 5.41) is 16.6. The van der Waals surface area contributed by atoms with Crippen LogP contribution < -0.4 is 0 Å². The van der Waals surface area contributed by atoms with Crippen molar-refractivity contribution in [1.29, 1.82) is 0 Å². The van der Waals surface area contributed by atoms with Crippen LogP contribution in [-0.2, 0) is 22.5 Å². The van der Waals surface area contributed by atoms with E-state index in [4.69, 9.17) is 9.84 Å². The van der Waals surface area contributed by atoms with Crippen LogP contribution in [-0.4, -0.2) is 62.8 Å². The van der Waals surface area contributed by atoms with Crippen LogP contribution in [0, 0.1) is 0 Å². The maximum Gasteiger partial charge on any atom is 0.244 e. The maximum atomic E-state index is 12.2. The van der Waals surface area contributed by atoms with Crippen LogP contribution in [0.25, 0.3) is 0 Å². The van der Waals surface area contributed by atoms with Crippen molar-refractivity contribution in [2.75, 3.05) is 19.7 Å². The lowest BCUT2D eigenvalue weighted by atomic mass is 10.2. The first-order valence-corrected chi connectivity index (χ1v) is 6.51. The molecule has 1 aliphatic heterocycles. The molecule has 0 spiro atoms. The lowest BCUT2D eigenvalue weighted by molar-refractivity contribution is -0.144. The van der Waals surface area contributed by atoms with Gasteiger partial charge in [0, 0.05) is 32.3 Å². The van der Waals surface area contributed by atoms with Gasteiger partial charge in [0.15, 0.2) is 0 Å². The summed E-state index contributed by atoms with van der Waals surface area (Å²) >= 11 is 0. The number of aliphatic hydroxyl groups is 1. The van der Waals surface area contributed by atoms with Gasteiger partial charge in [0.25, 0.3) is 0 Å². The van der Waals surface area contributed by atoms with Crippen LogP contribution in [0.2, 0.25) is 0 Å². The first-order chi connectivity index (χ1) is 9.08. The first-order valence-electron chi connectivity index (χ1n) is 6.51. The van der Waals surface area contributed by atoms with Crippen molar-refractivity contribution in [2.45, 2.75) is 39.0 Å². The highest BCUT2D eigenvalue weighted by molar-refractivity contribution is 5.76. The number of amides is 1. The molecular formula is C12H20N4O3. The van der Waals surface area contributed by atoms with E-state index in [1.165, 1.54) is 4.68 Å². The van der Waals surface area contributed by atoms with Crippen molar-refractivity contribution >= 4 is 5.91 Å². The van der Waals surface area contributed by atoms with Gasteiger partial charge < -0.3 is 14.7 Å². The number of ether oxygens (including phenoxy) is 1. The number of rotatable bonds is 4. The van der Waals surface area contributed by atoms with Crippen LogP contribution >= 0.6 is 0 Å². The van der Waals surface area contributed by atoms with Crippen LogP contribution in [0.3, 0.4) is 0 Å². The third-order valence-electron chi connectivity index (χ3n) is 3.02. The summed E-state index contributed by atoms with van der Waals surface area (Å²) < 4.78 is 7.11. The van der Waals surface area contributed by atoms with Crippen molar-refractivity contribution in [3.8, 4) is 0 Å². The Hall–Kier alpha value is -1.47. The zero-order valence-electron chi connectivity index (χ0n) is 11.3. The molecule has 2 rings (SSSR count). The molecule has 2 heterocycles. The van der Waals surface area contributed by atoms with Crippen molar-refractivity contribution in [3.05, 3.63) is 11.9 Å².